The molecular weight excluding hydrogens is 367 g/mol. The van der Waals surface area contributed by atoms with Crippen molar-refractivity contribution >= 4 is 34.6 Å². The van der Waals surface area contributed by atoms with E-state index in [4.69, 9.17) is 9.47 Å². The molecule has 0 aromatic heterocycles. The van der Waals surface area contributed by atoms with Crippen LogP contribution in [0, 0.1) is 3.57 Å². The third kappa shape index (κ3) is 4.38. The third-order valence-electron chi connectivity index (χ3n) is 2.56. The Balaban J connectivity index is 1.96. The number of carbonyl (C=O) groups excluding carboxylic acids is 1. The van der Waals surface area contributed by atoms with Crippen molar-refractivity contribution < 1.29 is 14.3 Å². The van der Waals surface area contributed by atoms with Crippen LogP contribution in [-0.4, -0.2) is 13.1 Å². The average Bonchev–Trinajstić information content (AvgIpc) is 2.48. The Hall–Kier alpha value is -1.82. The van der Waals surface area contributed by atoms with Crippen LogP contribution in [0.1, 0.15) is 5.56 Å². The molecule has 0 aliphatic rings. The van der Waals surface area contributed by atoms with E-state index in [0.29, 0.717) is 5.75 Å². The first-order valence-electron chi connectivity index (χ1n) is 5.97. The van der Waals surface area contributed by atoms with Crippen LogP contribution >= 0.6 is 22.6 Å². The van der Waals surface area contributed by atoms with Crippen molar-refractivity contribution in [2.45, 2.75) is 0 Å². The fourth-order valence-electron chi connectivity index (χ4n) is 1.53. The standard InChI is InChI=1S/C16H13IO3/c1-19-14-7-2-12(3-8-14)4-11-16(18)20-15-9-5-13(17)6-10-15/h2-11H,1H3. The molecule has 0 saturated heterocycles. The second-order valence-electron chi connectivity index (χ2n) is 3.98. The minimum atomic E-state index is -0.401. The van der Waals surface area contributed by atoms with Crippen molar-refractivity contribution in [3.63, 3.8) is 0 Å². The second kappa shape index (κ2) is 7.09. The van der Waals surface area contributed by atoms with E-state index in [1.165, 1.54) is 6.08 Å². The number of hydrogen-bond donors (Lipinski definition) is 0. The summed E-state index contributed by atoms with van der Waals surface area (Å²) in [5.41, 5.74) is 0.908. The first-order chi connectivity index (χ1) is 9.67. The Morgan fingerprint density at radius 2 is 1.60 bits per heavy atom. The van der Waals surface area contributed by atoms with E-state index in [0.717, 1.165) is 14.9 Å². The largest absolute Gasteiger partial charge is 0.497 e. The molecule has 0 fully saturated rings. The molecule has 0 N–H and O–H groups in total. The molecule has 20 heavy (non-hydrogen) atoms. The fourth-order valence-corrected chi connectivity index (χ4v) is 1.89. The number of hydrogen-bond acceptors (Lipinski definition) is 3. The molecule has 3 nitrogen and oxygen atoms in total. The summed E-state index contributed by atoms with van der Waals surface area (Å²) in [6, 6.07) is 14.7. The van der Waals surface area contributed by atoms with Crippen LogP contribution in [0.25, 0.3) is 6.08 Å². The Labute approximate surface area is 131 Å². The van der Waals surface area contributed by atoms with E-state index in [1.54, 1.807) is 25.3 Å². The van der Waals surface area contributed by atoms with Crippen LogP contribution in [-0.2, 0) is 4.79 Å². The predicted molar refractivity (Wildman–Crippen MR) is 86.8 cm³/mol. The molecule has 0 saturated carbocycles. The molecule has 0 aliphatic carbocycles. The van der Waals surface area contributed by atoms with E-state index in [1.807, 2.05) is 36.4 Å². The van der Waals surface area contributed by atoms with Gasteiger partial charge in [-0.2, -0.15) is 0 Å². The van der Waals surface area contributed by atoms with Gasteiger partial charge in [-0.3, -0.25) is 0 Å². The first kappa shape index (κ1) is 14.6. The van der Waals surface area contributed by atoms with Crippen LogP contribution in [0.4, 0.5) is 0 Å². The molecule has 2 aromatic carbocycles. The molecule has 0 unspecified atom stereocenters. The number of carbonyl (C=O) groups is 1. The highest BCUT2D eigenvalue weighted by atomic mass is 127. The fraction of sp³-hybridized carbons (Fsp3) is 0.0625. The molecule has 0 atom stereocenters. The van der Waals surface area contributed by atoms with Gasteiger partial charge in [0.1, 0.15) is 11.5 Å². The molecule has 4 heteroatoms. The minimum absolute atomic E-state index is 0.401. The van der Waals surface area contributed by atoms with Crippen LogP contribution < -0.4 is 9.47 Å². The lowest BCUT2D eigenvalue weighted by molar-refractivity contribution is -0.128. The van der Waals surface area contributed by atoms with E-state index in [2.05, 4.69) is 22.6 Å². The van der Waals surface area contributed by atoms with Crippen molar-refractivity contribution in [1.29, 1.82) is 0 Å². The summed E-state index contributed by atoms with van der Waals surface area (Å²) >= 11 is 2.20. The number of benzene rings is 2. The highest BCUT2D eigenvalue weighted by Crippen LogP contribution is 2.15. The van der Waals surface area contributed by atoms with Gasteiger partial charge in [-0.25, -0.2) is 4.79 Å². The summed E-state index contributed by atoms with van der Waals surface area (Å²) < 4.78 is 11.3. The monoisotopic (exact) mass is 380 g/mol. The van der Waals surface area contributed by atoms with Gasteiger partial charge in [0.05, 0.1) is 7.11 Å². The zero-order valence-corrected chi connectivity index (χ0v) is 13.0. The highest BCUT2D eigenvalue weighted by Gasteiger charge is 2.00. The Bertz CT molecular complexity index is 601. The molecule has 0 amide bonds. The summed E-state index contributed by atoms with van der Waals surface area (Å²) in [6.07, 6.45) is 3.11. The molecule has 0 radical (unpaired) electrons. The first-order valence-corrected chi connectivity index (χ1v) is 7.05. The van der Waals surface area contributed by atoms with E-state index in [-0.39, 0.29) is 0 Å². The van der Waals surface area contributed by atoms with Crippen LogP contribution in [0.15, 0.2) is 54.6 Å². The minimum Gasteiger partial charge on any atom is -0.497 e. The topological polar surface area (TPSA) is 35.5 Å². The predicted octanol–water partition coefficient (Wildman–Crippen LogP) is 3.92. The van der Waals surface area contributed by atoms with Crippen molar-refractivity contribution in [1.82, 2.24) is 0 Å². The number of esters is 1. The number of methoxy groups -OCH3 is 1. The van der Waals surface area contributed by atoms with Gasteiger partial charge < -0.3 is 9.47 Å². The average molecular weight is 380 g/mol. The van der Waals surface area contributed by atoms with Gasteiger partial charge in [0.15, 0.2) is 0 Å². The molecule has 0 heterocycles. The summed E-state index contributed by atoms with van der Waals surface area (Å²) in [5.74, 6) is 0.917. The maximum absolute atomic E-state index is 11.7. The molecular formula is C16H13IO3. The number of halogens is 1. The van der Waals surface area contributed by atoms with Crippen molar-refractivity contribution in [3.05, 3.63) is 63.7 Å². The van der Waals surface area contributed by atoms with Crippen molar-refractivity contribution in [3.8, 4) is 11.5 Å². The lowest BCUT2D eigenvalue weighted by Gasteiger charge is -2.01. The quantitative estimate of drug-likeness (QED) is 0.349. The van der Waals surface area contributed by atoms with Crippen molar-refractivity contribution in [2.24, 2.45) is 0 Å². The summed E-state index contributed by atoms with van der Waals surface area (Å²) in [4.78, 5) is 11.7. The summed E-state index contributed by atoms with van der Waals surface area (Å²) in [6.45, 7) is 0. The van der Waals surface area contributed by atoms with Gasteiger partial charge in [0.25, 0.3) is 0 Å². The molecule has 102 valence electrons. The SMILES string of the molecule is COc1ccc(C=CC(=O)Oc2ccc(I)cc2)cc1. The Morgan fingerprint density at radius 1 is 1.00 bits per heavy atom. The highest BCUT2D eigenvalue weighted by molar-refractivity contribution is 14.1. The number of ether oxygens (including phenoxy) is 2. The van der Waals surface area contributed by atoms with Crippen LogP contribution in [0.5, 0.6) is 11.5 Å². The Morgan fingerprint density at radius 3 is 2.20 bits per heavy atom. The maximum atomic E-state index is 11.7. The van der Waals surface area contributed by atoms with Gasteiger partial charge in [0.2, 0.25) is 0 Å². The maximum Gasteiger partial charge on any atom is 0.336 e. The van der Waals surface area contributed by atoms with Crippen LogP contribution in [0.3, 0.4) is 0 Å². The van der Waals surface area contributed by atoms with Crippen LogP contribution in [0.2, 0.25) is 0 Å². The normalized spacial score (nSPS) is 10.5. The van der Waals surface area contributed by atoms with E-state index < -0.39 is 5.97 Å². The lowest BCUT2D eigenvalue weighted by atomic mass is 10.2. The molecule has 0 spiro atoms. The molecule has 2 aromatic rings. The van der Waals surface area contributed by atoms with E-state index in [9.17, 15) is 4.79 Å². The molecule has 2 rings (SSSR count). The third-order valence-corrected chi connectivity index (χ3v) is 3.28. The van der Waals surface area contributed by atoms with Gasteiger partial charge in [0, 0.05) is 9.65 Å². The number of rotatable bonds is 4. The molecule has 0 bridgehead atoms. The second-order valence-corrected chi connectivity index (χ2v) is 5.23. The van der Waals surface area contributed by atoms with Crippen molar-refractivity contribution in [2.75, 3.05) is 7.11 Å². The summed E-state index contributed by atoms with van der Waals surface area (Å²) in [5, 5.41) is 0. The smallest absolute Gasteiger partial charge is 0.336 e. The van der Waals surface area contributed by atoms with Gasteiger partial charge >= 0.3 is 5.97 Å². The summed E-state index contributed by atoms with van der Waals surface area (Å²) in [7, 11) is 1.61. The zero-order chi connectivity index (χ0) is 14.4. The zero-order valence-electron chi connectivity index (χ0n) is 10.9. The van der Waals surface area contributed by atoms with E-state index >= 15 is 0 Å². The van der Waals surface area contributed by atoms with Gasteiger partial charge in [-0.1, -0.05) is 12.1 Å². The van der Waals surface area contributed by atoms with Gasteiger partial charge in [-0.05, 0) is 70.6 Å². The molecule has 0 aliphatic heterocycles. The Kier molecular flexibility index (Phi) is 5.17. The lowest BCUT2D eigenvalue weighted by Crippen LogP contribution is -2.03. The van der Waals surface area contributed by atoms with Gasteiger partial charge in [-0.15, -0.1) is 0 Å².